The fourth-order valence-corrected chi connectivity index (χ4v) is 12.8. The number of ether oxygens (including phenoxy) is 1. The van der Waals surface area contributed by atoms with Crippen LogP contribution in [0.15, 0.2) is 60.7 Å². The summed E-state index contributed by atoms with van der Waals surface area (Å²) in [6, 6.07) is 7.17. The predicted octanol–water partition coefficient (Wildman–Crippen LogP) is 7.67. The van der Waals surface area contributed by atoms with Gasteiger partial charge in [0.2, 0.25) is 0 Å². The summed E-state index contributed by atoms with van der Waals surface area (Å²) in [6.07, 6.45) is -25.8. The van der Waals surface area contributed by atoms with Gasteiger partial charge in [-0.2, -0.15) is 0 Å². The van der Waals surface area contributed by atoms with E-state index in [1.54, 1.807) is 0 Å². The first-order valence-electron chi connectivity index (χ1n) is 12.1. The van der Waals surface area contributed by atoms with E-state index in [-0.39, 0.29) is 16.9 Å². The number of fused-ring (bicyclic) bond motifs is 4. The summed E-state index contributed by atoms with van der Waals surface area (Å²) in [5, 5.41) is -3.29. The van der Waals surface area contributed by atoms with Crippen LogP contribution in [0.3, 0.4) is 0 Å². The molecule has 0 unspecified atom stereocenters. The molecule has 0 saturated heterocycles. The molecule has 0 N–H and O–H groups in total. The summed E-state index contributed by atoms with van der Waals surface area (Å²) in [5.74, 6) is -0.0359. The molecule has 0 bridgehead atoms. The molecule has 2 aliphatic heterocycles. The van der Waals surface area contributed by atoms with Gasteiger partial charge < -0.3 is 0 Å². The van der Waals surface area contributed by atoms with Crippen LogP contribution in [0.4, 0.5) is 52.7 Å². The molecule has 0 fully saturated rings. The number of hydrogen-bond donors (Lipinski definition) is 0. The molecule has 2 heterocycles. The molecule has 5 rings (SSSR count). The topological polar surface area (TPSA) is 27.7 Å². The van der Waals surface area contributed by atoms with Gasteiger partial charge in [0.1, 0.15) is 0 Å². The van der Waals surface area contributed by atoms with Crippen molar-refractivity contribution >= 4 is 23.0 Å². The molecular formula is C27H19F12O3P. The molecule has 43 heavy (non-hydrogen) atoms. The van der Waals surface area contributed by atoms with Crippen molar-refractivity contribution in [3.63, 3.8) is 0 Å². The van der Waals surface area contributed by atoms with Crippen molar-refractivity contribution in [2.75, 3.05) is 7.11 Å². The molecule has 2 aliphatic rings. The molecule has 16 heteroatoms. The van der Waals surface area contributed by atoms with Gasteiger partial charge in [-0.3, -0.25) is 0 Å². The second-order valence-electron chi connectivity index (χ2n) is 10.1. The van der Waals surface area contributed by atoms with Crippen LogP contribution in [0.5, 0.6) is 5.75 Å². The molecule has 0 atom stereocenters. The van der Waals surface area contributed by atoms with E-state index >= 15 is 0 Å². The average molecular weight is 650 g/mol. The molecule has 1 spiro atoms. The van der Waals surface area contributed by atoms with Crippen LogP contribution in [0, 0.1) is 13.8 Å². The van der Waals surface area contributed by atoms with E-state index in [1.807, 2.05) is 0 Å². The summed E-state index contributed by atoms with van der Waals surface area (Å²) >= 11 is 0. The number of hydrogen-bond acceptors (Lipinski definition) is 3. The zero-order valence-electron chi connectivity index (χ0n) is 22.0. The third kappa shape index (κ3) is 3.52. The van der Waals surface area contributed by atoms with E-state index < -0.39 is 70.0 Å². The monoisotopic (exact) mass is 650 g/mol. The van der Waals surface area contributed by atoms with Crippen LogP contribution in [-0.4, -0.2) is 31.8 Å². The summed E-state index contributed by atoms with van der Waals surface area (Å²) in [5.41, 5.74) is -14.9. The van der Waals surface area contributed by atoms with E-state index in [9.17, 15) is 52.7 Å². The molecule has 0 radical (unpaired) electrons. The number of methoxy groups -OCH3 is 1. The fourth-order valence-electron chi connectivity index (χ4n) is 6.36. The van der Waals surface area contributed by atoms with Crippen molar-refractivity contribution in [2.24, 2.45) is 0 Å². The number of rotatable bonds is 2. The van der Waals surface area contributed by atoms with Crippen molar-refractivity contribution in [3.05, 3.63) is 82.9 Å². The Kier molecular flexibility index (Phi) is 6.41. The molecule has 0 saturated carbocycles. The number of halogens is 12. The van der Waals surface area contributed by atoms with Gasteiger partial charge in [0.15, 0.2) is 0 Å². The van der Waals surface area contributed by atoms with Crippen LogP contribution in [0.2, 0.25) is 0 Å². The standard InChI is InChI=1S/C27H19F12O3P/c1-14-12-16(40-3)13-15(2)21(14)43(19-10-6-4-8-17(19)22(41-43,24(28,29)30)25(31,32)33)20-11-7-5-9-18(20)23(42-43,26(34,35)36)27(37,38)39/h4-13H,1-3H3. The number of benzene rings is 3. The SMILES string of the molecule is COc1cc(C)c(P23(OC(C(F)(F)F)(C(F)(F)F)c4ccccc42)OC(C(F)(F)F)(C(F)(F)F)c2ccccc23)c(C)c1. The number of alkyl halides is 12. The zero-order valence-corrected chi connectivity index (χ0v) is 22.9. The van der Waals surface area contributed by atoms with Gasteiger partial charge in [-0.1, -0.05) is 0 Å². The molecule has 0 aromatic heterocycles. The van der Waals surface area contributed by atoms with Gasteiger partial charge in [0.25, 0.3) is 0 Å². The summed E-state index contributed by atoms with van der Waals surface area (Å²) in [7, 11) is -5.91. The first kappa shape index (κ1) is 31.4. The zero-order chi connectivity index (χ0) is 32.3. The maximum absolute atomic E-state index is 14.9. The van der Waals surface area contributed by atoms with Gasteiger partial charge in [0, 0.05) is 0 Å². The molecule has 3 aromatic carbocycles. The Morgan fingerprint density at radius 3 is 1.21 bits per heavy atom. The average Bonchev–Trinajstić information content (AvgIpc) is 3.32. The number of aryl methyl sites for hydroxylation is 2. The predicted molar refractivity (Wildman–Crippen MR) is 131 cm³/mol. The quantitative estimate of drug-likeness (QED) is 0.211. The summed E-state index contributed by atoms with van der Waals surface area (Å²) in [4.78, 5) is 0. The Labute approximate surface area is 235 Å². The normalized spacial score (nSPS) is 21.1. The fraction of sp³-hybridized carbons (Fsp3) is 0.333. The van der Waals surface area contributed by atoms with Crippen LogP contribution in [-0.2, 0) is 20.2 Å². The molecular weight excluding hydrogens is 631 g/mol. The van der Waals surface area contributed by atoms with Crippen molar-refractivity contribution in [3.8, 4) is 5.75 Å². The van der Waals surface area contributed by atoms with Gasteiger partial charge in [-0.05, 0) is 0 Å². The summed E-state index contributed by atoms with van der Waals surface area (Å²) < 4.78 is 195. The van der Waals surface area contributed by atoms with Crippen LogP contribution in [0.1, 0.15) is 22.3 Å². The molecule has 3 nitrogen and oxygen atoms in total. The molecule has 0 aliphatic carbocycles. The Morgan fingerprint density at radius 1 is 0.581 bits per heavy atom. The van der Waals surface area contributed by atoms with Gasteiger partial charge in [0.05, 0.1) is 0 Å². The second kappa shape index (κ2) is 8.79. The third-order valence-electron chi connectivity index (χ3n) is 7.77. The third-order valence-corrected chi connectivity index (χ3v) is 13.1. The second-order valence-corrected chi connectivity index (χ2v) is 13.8. The maximum atomic E-state index is 14.9. The van der Waals surface area contributed by atoms with Crippen molar-refractivity contribution in [1.82, 2.24) is 0 Å². The van der Waals surface area contributed by atoms with E-state index in [2.05, 4.69) is 0 Å². The Morgan fingerprint density at radius 2 is 0.907 bits per heavy atom. The van der Waals surface area contributed by atoms with Crippen LogP contribution < -0.4 is 20.7 Å². The molecule has 234 valence electrons. The van der Waals surface area contributed by atoms with E-state index in [0.29, 0.717) is 24.3 Å². The van der Waals surface area contributed by atoms with E-state index in [1.165, 1.54) is 0 Å². The Hall–Kier alpha value is -3.03. The van der Waals surface area contributed by atoms with Gasteiger partial charge >= 0.3 is 235 Å². The minimum absolute atomic E-state index is 0.0359. The first-order chi connectivity index (χ1) is 19.6. The Bertz CT molecular complexity index is 1480. The molecule has 0 amide bonds. The van der Waals surface area contributed by atoms with Crippen molar-refractivity contribution < 1.29 is 66.5 Å². The molecule has 3 aromatic rings. The van der Waals surface area contributed by atoms with E-state index in [0.717, 1.165) is 57.4 Å². The van der Waals surface area contributed by atoms with Crippen molar-refractivity contribution in [1.29, 1.82) is 0 Å². The first-order valence-corrected chi connectivity index (χ1v) is 14.2. The van der Waals surface area contributed by atoms with Crippen LogP contribution in [0.25, 0.3) is 0 Å². The van der Waals surface area contributed by atoms with Gasteiger partial charge in [-0.25, -0.2) is 0 Å². The minimum atomic E-state index is -7.06. The van der Waals surface area contributed by atoms with Gasteiger partial charge in [-0.15, -0.1) is 0 Å². The Balaban J connectivity index is 2.17. The van der Waals surface area contributed by atoms with Crippen molar-refractivity contribution in [2.45, 2.75) is 49.8 Å². The van der Waals surface area contributed by atoms with Crippen LogP contribution >= 0.6 is 7.06 Å². The summed E-state index contributed by atoms with van der Waals surface area (Å²) in [6.45, 7) is 2.18. The van der Waals surface area contributed by atoms with E-state index in [4.69, 9.17) is 13.8 Å².